The van der Waals surface area contributed by atoms with Crippen molar-refractivity contribution in [2.45, 2.75) is 57.3 Å². The van der Waals surface area contributed by atoms with Crippen molar-refractivity contribution < 1.29 is 9.59 Å². The number of benzene rings is 1. The molecule has 0 spiro atoms. The van der Waals surface area contributed by atoms with E-state index in [1.807, 2.05) is 35.4 Å². The van der Waals surface area contributed by atoms with Gasteiger partial charge in [-0.3, -0.25) is 4.79 Å². The Morgan fingerprint density at radius 1 is 1.00 bits per heavy atom. The molecular weight excluding hydrogens is 442 g/mol. The number of likely N-dealkylation sites (tertiary alicyclic amines) is 1. The summed E-state index contributed by atoms with van der Waals surface area (Å²) in [7, 11) is 0. The average molecular weight is 478 g/mol. The van der Waals surface area contributed by atoms with Crippen molar-refractivity contribution in [3.8, 4) is 0 Å². The minimum Gasteiger partial charge on any atom is -0.370 e. The number of nitrogens with one attached hydrogen (secondary N) is 4. The van der Waals surface area contributed by atoms with E-state index >= 15 is 0 Å². The Morgan fingerprint density at radius 2 is 1.80 bits per heavy atom. The third-order valence-electron chi connectivity index (χ3n) is 7.02. The molecule has 0 atom stereocenters. The quantitative estimate of drug-likeness (QED) is 0.377. The minimum absolute atomic E-state index is 0.0555. The topological polar surface area (TPSA) is 111 Å². The van der Waals surface area contributed by atoms with Crippen molar-refractivity contribution in [3.05, 3.63) is 36.0 Å². The van der Waals surface area contributed by atoms with Crippen LogP contribution in [0.1, 0.15) is 62.8 Å². The number of carbonyl (C=O) groups is 2. The van der Waals surface area contributed by atoms with Gasteiger partial charge in [0.15, 0.2) is 0 Å². The summed E-state index contributed by atoms with van der Waals surface area (Å²) in [6, 6.07) is 7.55. The highest BCUT2D eigenvalue weighted by molar-refractivity contribution is 5.90. The van der Waals surface area contributed by atoms with Crippen molar-refractivity contribution in [2.24, 2.45) is 5.92 Å². The molecule has 3 fully saturated rings. The number of aromatic nitrogens is 2. The van der Waals surface area contributed by atoms with E-state index in [-0.39, 0.29) is 17.9 Å². The van der Waals surface area contributed by atoms with Crippen LogP contribution < -0.4 is 21.3 Å². The number of amides is 3. The van der Waals surface area contributed by atoms with E-state index in [0.717, 1.165) is 74.5 Å². The first kappa shape index (κ1) is 23.4. The summed E-state index contributed by atoms with van der Waals surface area (Å²) in [5.74, 6) is 2.32. The molecule has 35 heavy (non-hydrogen) atoms. The van der Waals surface area contributed by atoms with Crippen LogP contribution in [-0.4, -0.2) is 53.0 Å². The van der Waals surface area contributed by atoms with Gasteiger partial charge < -0.3 is 26.2 Å². The number of rotatable bonds is 10. The summed E-state index contributed by atoms with van der Waals surface area (Å²) < 4.78 is 0. The summed E-state index contributed by atoms with van der Waals surface area (Å²) in [5, 5.41) is 12.8. The first-order chi connectivity index (χ1) is 17.2. The van der Waals surface area contributed by atoms with Gasteiger partial charge >= 0.3 is 6.03 Å². The monoisotopic (exact) mass is 477 g/mol. The second-order valence-electron chi connectivity index (χ2n) is 9.80. The van der Waals surface area contributed by atoms with E-state index in [9.17, 15) is 9.59 Å². The summed E-state index contributed by atoms with van der Waals surface area (Å²) in [4.78, 5) is 35.5. The van der Waals surface area contributed by atoms with Gasteiger partial charge in [0.05, 0.1) is 0 Å². The lowest BCUT2D eigenvalue weighted by atomic mass is 9.85. The fraction of sp³-hybridized carbons (Fsp3) is 0.538. The zero-order valence-electron chi connectivity index (χ0n) is 20.2. The van der Waals surface area contributed by atoms with E-state index in [1.165, 1.54) is 19.3 Å². The predicted molar refractivity (Wildman–Crippen MR) is 137 cm³/mol. The maximum atomic E-state index is 12.4. The molecule has 0 unspecified atom stereocenters. The van der Waals surface area contributed by atoms with E-state index in [4.69, 9.17) is 4.98 Å². The highest BCUT2D eigenvalue weighted by atomic mass is 16.2. The largest absolute Gasteiger partial charge is 0.370 e. The van der Waals surface area contributed by atoms with Gasteiger partial charge in [-0.15, -0.1) is 0 Å². The number of carbonyl (C=O) groups excluding carboxylic acids is 2. The summed E-state index contributed by atoms with van der Waals surface area (Å²) >= 11 is 0. The van der Waals surface area contributed by atoms with Crippen LogP contribution in [0.15, 0.2) is 30.5 Å². The molecular formula is C26H35N7O2. The molecule has 0 bridgehead atoms. The highest BCUT2D eigenvalue weighted by Gasteiger charge is 2.28. The molecule has 1 saturated heterocycles. The zero-order chi connectivity index (χ0) is 24.0. The molecule has 4 N–H and O–H groups in total. The van der Waals surface area contributed by atoms with E-state index in [2.05, 4.69) is 26.3 Å². The number of urea groups is 1. The Labute approximate surface area is 206 Å². The molecule has 186 valence electrons. The molecule has 0 radical (unpaired) electrons. The maximum absolute atomic E-state index is 12.4. The fourth-order valence-corrected chi connectivity index (χ4v) is 4.53. The summed E-state index contributed by atoms with van der Waals surface area (Å²) in [6.07, 6.45) is 10.4. The highest BCUT2D eigenvalue weighted by Crippen LogP contribution is 2.42. The maximum Gasteiger partial charge on any atom is 0.321 e. The molecule has 9 heteroatoms. The number of nitrogens with zero attached hydrogens (tertiary/aromatic N) is 3. The van der Waals surface area contributed by atoms with E-state index in [1.54, 1.807) is 0 Å². The molecule has 2 heterocycles. The van der Waals surface area contributed by atoms with Crippen molar-refractivity contribution in [2.75, 3.05) is 42.1 Å². The lowest BCUT2D eigenvalue weighted by molar-refractivity contribution is -0.127. The normalized spacial score (nSPS) is 17.5. The van der Waals surface area contributed by atoms with Gasteiger partial charge in [0, 0.05) is 55.2 Å². The molecule has 9 nitrogen and oxygen atoms in total. The molecule has 1 aromatic heterocycles. The van der Waals surface area contributed by atoms with Gasteiger partial charge in [0.2, 0.25) is 11.9 Å². The third kappa shape index (κ3) is 6.21. The van der Waals surface area contributed by atoms with Crippen molar-refractivity contribution in [1.29, 1.82) is 0 Å². The number of hydrogen-bond acceptors (Lipinski definition) is 6. The minimum atomic E-state index is -0.0555. The van der Waals surface area contributed by atoms with Gasteiger partial charge in [-0.05, 0) is 69.1 Å². The first-order valence-corrected chi connectivity index (χ1v) is 13.0. The van der Waals surface area contributed by atoms with E-state index < -0.39 is 0 Å². The van der Waals surface area contributed by atoms with E-state index in [0.29, 0.717) is 18.4 Å². The van der Waals surface area contributed by atoms with Gasteiger partial charge in [-0.2, -0.15) is 4.98 Å². The van der Waals surface area contributed by atoms with Gasteiger partial charge in [0.25, 0.3) is 0 Å². The standard InChI is InChI=1S/C26H35N7O2/c34-24(19-6-3-7-19)28-13-5-12-27-23-22(18-10-11-18)17-29-25(32-23)30-20-8-4-9-21(16-20)31-26(35)33-14-1-2-15-33/h4,8-9,16-19H,1-3,5-7,10-15H2,(H,28,34)(H,31,35)(H2,27,29,30,32). The average Bonchev–Trinajstić information content (AvgIpc) is 3.50. The Balaban J connectivity index is 1.16. The van der Waals surface area contributed by atoms with Crippen molar-refractivity contribution in [3.63, 3.8) is 0 Å². The van der Waals surface area contributed by atoms with Crippen LogP contribution in [0.25, 0.3) is 0 Å². The van der Waals surface area contributed by atoms with Crippen LogP contribution in [0.2, 0.25) is 0 Å². The Bertz CT molecular complexity index is 1050. The van der Waals surface area contributed by atoms with Gasteiger partial charge in [0.1, 0.15) is 5.82 Å². The second kappa shape index (κ2) is 10.9. The van der Waals surface area contributed by atoms with Crippen molar-refractivity contribution >= 4 is 35.1 Å². The Kier molecular flexibility index (Phi) is 7.30. The van der Waals surface area contributed by atoms with Crippen LogP contribution in [0.4, 0.5) is 27.9 Å². The zero-order valence-corrected chi connectivity index (χ0v) is 20.2. The second-order valence-corrected chi connectivity index (χ2v) is 9.80. The van der Waals surface area contributed by atoms with Crippen LogP contribution in [0, 0.1) is 5.92 Å². The smallest absolute Gasteiger partial charge is 0.321 e. The molecule has 3 aliphatic rings. The van der Waals surface area contributed by atoms with Crippen molar-refractivity contribution in [1.82, 2.24) is 20.2 Å². The molecule has 2 aromatic rings. The molecule has 2 aliphatic carbocycles. The SMILES string of the molecule is O=C(NCCCNc1nc(Nc2cccc(NC(=O)N3CCCC3)c2)ncc1C1CC1)C1CCC1. The Morgan fingerprint density at radius 3 is 2.54 bits per heavy atom. The summed E-state index contributed by atoms with van der Waals surface area (Å²) in [5.41, 5.74) is 2.71. The lowest BCUT2D eigenvalue weighted by Gasteiger charge is -2.24. The van der Waals surface area contributed by atoms with Gasteiger partial charge in [-0.1, -0.05) is 12.5 Å². The molecule has 2 saturated carbocycles. The van der Waals surface area contributed by atoms with Crippen LogP contribution in [-0.2, 0) is 4.79 Å². The first-order valence-electron chi connectivity index (χ1n) is 13.0. The Hall–Kier alpha value is -3.36. The van der Waals surface area contributed by atoms with Crippen LogP contribution >= 0.6 is 0 Å². The third-order valence-corrected chi connectivity index (χ3v) is 7.02. The summed E-state index contributed by atoms with van der Waals surface area (Å²) in [6.45, 7) is 3.04. The molecule has 3 amide bonds. The fourth-order valence-electron chi connectivity index (χ4n) is 4.53. The molecule has 1 aliphatic heterocycles. The number of anilines is 4. The van der Waals surface area contributed by atoms with Crippen LogP contribution in [0.5, 0.6) is 0 Å². The molecule has 5 rings (SSSR count). The molecule has 1 aromatic carbocycles. The predicted octanol–water partition coefficient (Wildman–Crippen LogP) is 4.44. The van der Waals surface area contributed by atoms with Crippen LogP contribution in [0.3, 0.4) is 0 Å². The van der Waals surface area contributed by atoms with Gasteiger partial charge in [-0.25, -0.2) is 9.78 Å². The lowest BCUT2D eigenvalue weighted by Crippen LogP contribution is -2.35. The number of hydrogen-bond donors (Lipinski definition) is 4.